The Bertz CT molecular complexity index is 386. The van der Waals surface area contributed by atoms with Gasteiger partial charge in [0.2, 0.25) is 0 Å². The van der Waals surface area contributed by atoms with Crippen LogP contribution in [0.15, 0.2) is 23.8 Å². The van der Waals surface area contributed by atoms with Crippen molar-refractivity contribution in [2.24, 2.45) is 11.3 Å². The van der Waals surface area contributed by atoms with Crippen molar-refractivity contribution in [1.29, 1.82) is 0 Å². The fourth-order valence-corrected chi connectivity index (χ4v) is 3.89. The summed E-state index contributed by atoms with van der Waals surface area (Å²) >= 11 is 0. The van der Waals surface area contributed by atoms with Gasteiger partial charge >= 0.3 is 0 Å². The molecule has 1 saturated heterocycles. The van der Waals surface area contributed by atoms with Crippen LogP contribution in [0.5, 0.6) is 0 Å². The van der Waals surface area contributed by atoms with Crippen molar-refractivity contribution >= 4 is 24.0 Å². The van der Waals surface area contributed by atoms with E-state index in [0.29, 0.717) is 11.3 Å². The molecule has 1 fully saturated rings. The average molecular weight is 403 g/mol. The van der Waals surface area contributed by atoms with Crippen molar-refractivity contribution in [1.82, 2.24) is 4.90 Å². The zero-order valence-corrected chi connectivity index (χ0v) is 16.9. The first-order chi connectivity index (χ1) is 9.33. The van der Waals surface area contributed by atoms with Crippen LogP contribution < -0.4 is 0 Å². The van der Waals surface area contributed by atoms with E-state index in [1.807, 2.05) is 0 Å². The minimum Gasteiger partial charge on any atom is -0.295 e. The van der Waals surface area contributed by atoms with E-state index in [9.17, 15) is 0 Å². The number of allylic oxidation sites excluding steroid dienone is 3. The molecule has 1 unspecified atom stereocenters. The Balaban J connectivity index is 0.00000220. The third kappa shape index (κ3) is 4.82. The highest BCUT2D eigenvalue weighted by molar-refractivity contribution is 14.0. The maximum absolute atomic E-state index is 2.65. The van der Waals surface area contributed by atoms with Gasteiger partial charge in [0.25, 0.3) is 0 Å². The normalized spacial score (nSPS) is 27.3. The van der Waals surface area contributed by atoms with Gasteiger partial charge in [-0.25, -0.2) is 0 Å². The Kier molecular flexibility index (Phi) is 6.98. The quantitative estimate of drug-likeness (QED) is 0.425. The van der Waals surface area contributed by atoms with Crippen molar-refractivity contribution < 1.29 is 0 Å². The third-order valence-corrected chi connectivity index (χ3v) is 5.46. The molecular formula is C19H34IN. The fraction of sp³-hybridized carbons (Fsp3) is 0.789. The molecule has 0 aromatic rings. The molecule has 21 heavy (non-hydrogen) atoms. The van der Waals surface area contributed by atoms with E-state index in [-0.39, 0.29) is 29.5 Å². The van der Waals surface area contributed by atoms with Crippen LogP contribution >= 0.6 is 24.0 Å². The predicted molar refractivity (Wildman–Crippen MR) is 104 cm³/mol. The highest BCUT2D eigenvalue weighted by atomic mass is 127. The standard InChI is InChI=1S/C19H33N.HI/c1-16-10-9-12-18(2,3)17(16)11-13-19(4,5)20-14-7-6-8-15-20;/h10-11,13,17H,6-9,12,14-15H2,1-5H3;1H. The Hall–Kier alpha value is 0.170. The van der Waals surface area contributed by atoms with E-state index in [0.717, 1.165) is 0 Å². The summed E-state index contributed by atoms with van der Waals surface area (Å²) in [7, 11) is 0. The minimum absolute atomic E-state index is 0. The molecule has 0 aromatic carbocycles. The lowest BCUT2D eigenvalue weighted by Gasteiger charge is -2.41. The fourth-order valence-electron chi connectivity index (χ4n) is 3.89. The largest absolute Gasteiger partial charge is 0.295 e. The lowest BCUT2D eigenvalue weighted by molar-refractivity contribution is 0.131. The first-order valence-corrected chi connectivity index (χ1v) is 8.44. The van der Waals surface area contributed by atoms with Crippen LogP contribution in [0.25, 0.3) is 0 Å². The van der Waals surface area contributed by atoms with Gasteiger partial charge < -0.3 is 0 Å². The number of nitrogens with zero attached hydrogens (tertiary/aromatic N) is 1. The number of rotatable bonds is 3. The molecule has 1 aliphatic heterocycles. The second-order valence-electron chi connectivity index (χ2n) is 8.01. The Morgan fingerprint density at radius 2 is 1.81 bits per heavy atom. The monoisotopic (exact) mass is 403 g/mol. The summed E-state index contributed by atoms with van der Waals surface area (Å²) in [5, 5.41) is 0. The average Bonchev–Trinajstić information content (AvgIpc) is 2.38. The van der Waals surface area contributed by atoms with E-state index in [4.69, 9.17) is 0 Å². The van der Waals surface area contributed by atoms with E-state index < -0.39 is 0 Å². The highest BCUT2D eigenvalue weighted by Crippen LogP contribution is 2.42. The van der Waals surface area contributed by atoms with Crippen LogP contribution in [0.1, 0.15) is 66.7 Å². The minimum atomic E-state index is 0. The number of hydrogen-bond donors (Lipinski definition) is 0. The molecule has 0 N–H and O–H groups in total. The summed E-state index contributed by atoms with van der Waals surface area (Å²) in [4.78, 5) is 2.65. The van der Waals surface area contributed by atoms with E-state index in [2.05, 4.69) is 57.7 Å². The SMILES string of the molecule is CC1=CCCC(C)(C)C1C=CC(C)(C)N1CCCCC1.I. The molecule has 1 heterocycles. The van der Waals surface area contributed by atoms with Crippen LogP contribution in [0, 0.1) is 11.3 Å². The van der Waals surface area contributed by atoms with Gasteiger partial charge in [0.1, 0.15) is 0 Å². The van der Waals surface area contributed by atoms with Gasteiger partial charge in [0, 0.05) is 11.5 Å². The van der Waals surface area contributed by atoms with E-state index in [1.165, 1.54) is 45.2 Å². The Labute approximate surface area is 149 Å². The molecule has 0 bridgehead atoms. The van der Waals surface area contributed by atoms with Crippen LogP contribution in [-0.2, 0) is 0 Å². The molecule has 0 saturated carbocycles. The Morgan fingerprint density at radius 1 is 1.19 bits per heavy atom. The van der Waals surface area contributed by atoms with Crippen LogP contribution in [-0.4, -0.2) is 23.5 Å². The molecule has 2 heteroatoms. The zero-order valence-electron chi connectivity index (χ0n) is 14.6. The predicted octanol–water partition coefficient (Wildman–Crippen LogP) is 5.81. The van der Waals surface area contributed by atoms with Gasteiger partial charge in [0.15, 0.2) is 0 Å². The molecule has 1 nitrogen and oxygen atoms in total. The maximum atomic E-state index is 2.65. The van der Waals surface area contributed by atoms with Gasteiger partial charge in [-0.2, -0.15) is 0 Å². The summed E-state index contributed by atoms with van der Waals surface area (Å²) in [6.45, 7) is 14.4. The lowest BCUT2D eigenvalue weighted by atomic mass is 9.68. The van der Waals surface area contributed by atoms with Crippen molar-refractivity contribution in [3.8, 4) is 0 Å². The van der Waals surface area contributed by atoms with Crippen molar-refractivity contribution in [3.63, 3.8) is 0 Å². The molecule has 1 atom stereocenters. The molecule has 122 valence electrons. The van der Waals surface area contributed by atoms with Gasteiger partial charge in [-0.15, -0.1) is 24.0 Å². The maximum Gasteiger partial charge on any atom is 0.0335 e. The number of halogens is 1. The number of hydrogen-bond acceptors (Lipinski definition) is 1. The van der Waals surface area contributed by atoms with Crippen molar-refractivity contribution in [2.75, 3.05) is 13.1 Å². The van der Waals surface area contributed by atoms with Gasteiger partial charge in [0.05, 0.1) is 0 Å². The zero-order chi connectivity index (χ0) is 14.8. The smallest absolute Gasteiger partial charge is 0.0335 e. The number of piperidine rings is 1. The van der Waals surface area contributed by atoms with Gasteiger partial charge in [-0.1, -0.05) is 44.1 Å². The summed E-state index contributed by atoms with van der Waals surface area (Å²) in [6.07, 6.45) is 14.1. The molecule has 2 rings (SSSR count). The second kappa shape index (κ2) is 7.63. The molecule has 0 aromatic heterocycles. The third-order valence-electron chi connectivity index (χ3n) is 5.46. The first-order valence-electron chi connectivity index (χ1n) is 8.44. The first kappa shape index (κ1) is 19.2. The molecule has 0 amide bonds. The second-order valence-corrected chi connectivity index (χ2v) is 8.01. The molecule has 0 radical (unpaired) electrons. The highest BCUT2D eigenvalue weighted by Gasteiger charge is 2.32. The summed E-state index contributed by atoms with van der Waals surface area (Å²) in [5.41, 5.74) is 2.17. The summed E-state index contributed by atoms with van der Waals surface area (Å²) in [5.74, 6) is 0.611. The van der Waals surface area contributed by atoms with Crippen LogP contribution in [0.4, 0.5) is 0 Å². The molecule has 2 aliphatic rings. The molecular weight excluding hydrogens is 369 g/mol. The summed E-state index contributed by atoms with van der Waals surface area (Å²) < 4.78 is 0. The topological polar surface area (TPSA) is 3.24 Å². The van der Waals surface area contributed by atoms with Crippen molar-refractivity contribution in [2.45, 2.75) is 72.3 Å². The Morgan fingerprint density at radius 3 is 2.38 bits per heavy atom. The molecule has 1 aliphatic carbocycles. The molecule has 0 spiro atoms. The van der Waals surface area contributed by atoms with E-state index >= 15 is 0 Å². The van der Waals surface area contributed by atoms with E-state index in [1.54, 1.807) is 5.57 Å². The van der Waals surface area contributed by atoms with Crippen LogP contribution in [0.3, 0.4) is 0 Å². The lowest BCUT2D eigenvalue weighted by Crippen LogP contribution is -2.45. The van der Waals surface area contributed by atoms with Crippen molar-refractivity contribution in [3.05, 3.63) is 23.8 Å². The van der Waals surface area contributed by atoms with Gasteiger partial charge in [-0.3, -0.25) is 4.90 Å². The summed E-state index contributed by atoms with van der Waals surface area (Å²) in [6, 6.07) is 0. The van der Waals surface area contributed by atoms with Gasteiger partial charge in [-0.05, 0) is 65.0 Å². The number of likely N-dealkylation sites (tertiary alicyclic amines) is 1. The van der Waals surface area contributed by atoms with Crippen LogP contribution in [0.2, 0.25) is 0 Å².